The molecule has 0 saturated carbocycles. The number of carbonyl (C=O) groups is 3. The Labute approximate surface area is 205 Å². The highest BCUT2D eigenvalue weighted by Crippen LogP contribution is 2.33. The Balaban J connectivity index is 1.69. The van der Waals surface area contributed by atoms with Gasteiger partial charge < -0.3 is 9.47 Å². The van der Waals surface area contributed by atoms with Crippen LogP contribution in [0, 0.1) is 5.82 Å². The summed E-state index contributed by atoms with van der Waals surface area (Å²) in [7, 11) is 2.93. The minimum Gasteiger partial charge on any atom is -0.497 e. The summed E-state index contributed by atoms with van der Waals surface area (Å²) < 4.78 is 24.7. The van der Waals surface area contributed by atoms with E-state index in [9.17, 15) is 18.8 Å². The number of nitrogens with one attached hydrogen (secondary N) is 1. The van der Waals surface area contributed by atoms with Crippen molar-refractivity contribution in [3.8, 4) is 11.5 Å². The zero-order valence-corrected chi connectivity index (χ0v) is 19.6. The lowest BCUT2D eigenvalue weighted by atomic mass is 10.00. The average molecular weight is 495 g/mol. The number of nitrogens with zero attached hydrogens (tertiary/aromatic N) is 1. The van der Waals surface area contributed by atoms with Crippen molar-refractivity contribution in [1.29, 1.82) is 0 Å². The highest BCUT2D eigenvalue weighted by Gasteiger charge is 2.36. The number of benzene rings is 3. The largest absolute Gasteiger partial charge is 0.497 e. The van der Waals surface area contributed by atoms with E-state index in [-0.39, 0.29) is 28.5 Å². The molecule has 3 aromatic rings. The second kappa shape index (κ2) is 9.99. The van der Waals surface area contributed by atoms with Crippen molar-refractivity contribution in [2.75, 3.05) is 19.1 Å². The SMILES string of the molecule is COc1ccc(N2C(=O)NC(=O)/C(=C\c3cc(Cl)c(Cc4ccccc4F)c(OC)c3)C2=O)cc1. The van der Waals surface area contributed by atoms with Crippen molar-refractivity contribution in [3.63, 3.8) is 0 Å². The fourth-order valence-electron chi connectivity index (χ4n) is 3.69. The summed E-state index contributed by atoms with van der Waals surface area (Å²) in [5.41, 5.74) is 1.39. The third-order valence-electron chi connectivity index (χ3n) is 5.47. The van der Waals surface area contributed by atoms with Crippen molar-refractivity contribution in [3.05, 3.63) is 93.8 Å². The molecule has 9 heteroatoms. The number of methoxy groups -OCH3 is 2. The van der Waals surface area contributed by atoms with Crippen LogP contribution in [0.4, 0.5) is 14.9 Å². The van der Waals surface area contributed by atoms with Crippen LogP contribution in [0.3, 0.4) is 0 Å². The van der Waals surface area contributed by atoms with Gasteiger partial charge in [0.1, 0.15) is 22.9 Å². The summed E-state index contributed by atoms with van der Waals surface area (Å²) >= 11 is 6.49. The van der Waals surface area contributed by atoms with Gasteiger partial charge in [0.25, 0.3) is 11.8 Å². The molecule has 3 aromatic carbocycles. The summed E-state index contributed by atoms with van der Waals surface area (Å²) in [5.74, 6) is -1.10. The number of hydrogen-bond donors (Lipinski definition) is 1. The van der Waals surface area contributed by atoms with Gasteiger partial charge in [0.2, 0.25) is 0 Å². The van der Waals surface area contributed by atoms with Gasteiger partial charge in [-0.2, -0.15) is 0 Å². The maximum absolute atomic E-state index is 14.2. The first-order valence-corrected chi connectivity index (χ1v) is 10.9. The summed E-state index contributed by atoms with van der Waals surface area (Å²) in [6, 6.07) is 14.8. The summed E-state index contributed by atoms with van der Waals surface area (Å²) in [6.07, 6.45) is 1.51. The number of urea groups is 1. The van der Waals surface area contributed by atoms with Crippen LogP contribution >= 0.6 is 11.6 Å². The first kappa shape index (κ1) is 24.0. The molecule has 0 bridgehead atoms. The quantitative estimate of drug-likeness (QED) is 0.395. The monoisotopic (exact) mass is 494 g/mol. The molecule has 0 radical (unpaired) electrons. The first-order chi connectivity index (χ1) is 16.8. The Morgan fingerprint density at radius 2 is 1.71 bits per heavy atom. The van der Waals surface area contributed by atoms with Gasteiger partial charge in [-0.25, -0.2) is 14.1 Å². The fraction of sp³-hybridized carbons (Fsp3) is 0.115. The van der Waals surface area contributed by atoms with Crippen LogP contribution < -0.4 is 19.7 Å². The highest BCUT2D eigenvalue weighted by atomic mass is 35.5. The number of barbiturate groups is 1. The Bertz CT molecular complexity index is 1350. The molecular weight excluding hydrogens is 475 g/mol. The number of imide groups is 2. The normalized spacial score (nSPS) is 14.8. The maximum atomic E-state index is 14.2. The lowest BCUT2D eigenvalue weighted by Gasteiger charge is -2.26. The van der Waals surface area contributed by atoms with Gasteiger partial charge in [0, 0.05) is 17.0 Å². The van der Waals surface area contributed by atoms with Crippen molar-refractivity contribution in [2.45, 2.75) is 6.42 Å². The van der Waals surface area contributed by atoms with Crippen molar-refractivity contribution in [1.82, 2.24) is 5.32 Å². The van der Waals surface area contributed by atoms with Crippen molar-refractivity contribution >= 4 is 41.2 Å². The maximum Gasteiger partial charge on any atom is 0.335 e. The van der Waals surface area contributed by atoms with Crippen LogP contribution in [0.2, 0.25) is 5.02 Å². The van der Waals surface area contributed by atoms with Crippen LogP contribution in [-0.2, 0) is 16.0 Å². The number of rotatable bonds is 6. The van der Waals surface area contributed by atoms with Gasteiger partial charge in [0.05, 0.1) is 19.9 Å². The van der Waals surface area contributed by atoms with E-state index in [0.29, 0.717) is 28.2 Å². The van der Waals surface area contributed by atoms with Gasteiger partial charge in [-0.15, -0.1) is 0 Å². The molecule has 1 aliphatic rings. The van der Waals surface area contributed by atoms with E-state index < -0.39 is 17.8 Å². The third kappa shape index (κ3) is 4.88. The summed E-state index contributed by atoms with van der Waals surface area (Å²) in [5, 5.41) is 2.44. The third-order valence-corrected chi connectivity index (χ3v) is 5.80. The number of anilines is 1. The predicted molar refractivity (Wildman–Crippen MR) is 129 cm³/mol. The average Bonchev–Trinajstić information content (AvgIpc) is 2.84. The van der Waals surface area contributed by atoms with E-state index in [1.165, 1.54) is 38.5 Å². The minimum atomic E-state index is -0.863. The van der Waals surface area contributed by atoms with Crippen LogP contribution in [-0.4, -0.2) is 32.1 Å². The van der Waals surface area contributed by atoms with Crippen LogP contribution in [0.15, 0.2) is 66.2 Å². The van der Waals surface area contributed by atoms with Crippen LogP contribution in [0.1, 0.15) is 16.7 Å². The fourth-order valence-corrected chi connectivity index (χ4v) is 3.98. The second-order valence-electron chi connectivity index (χ2n) is 7.61. The lowest BCUT2D eigenvalue weighted by molar-refractivity contribution is -0.122. The molecule has 1 saturated heterocycles. The van der Waals surface area contributed by atoms with Gasteiger partial charge in [-0.1, -0.05) is 29.8 Å². The van der Waals surface area contributed by atoms with E-state index in [1.807, 2.05) is 0 Å². The van der Waals surface area contributed by atoms with Gasteiger partial charge in [0.15, 0.2) is 0 Å². The molecule has 0 spiro atoms. The molecular formula is C26H20ClFN2O5. The molecule has 7 nitrogen and oxygen atoms in total. The van der Waals surface area contributed by atoms with Gasteiger partial charge >= 0.3 is 6.03 Å². The Morgan fingerprint density at radius 3 is 2.37 bits per heavy atom. The lowest BCUT2D eigenvalue weighted by Crippen LogP contribution is -2.54. The minimum absolute atomic E-state index is 0.185. The summed E-state index contributed by atoms with van der Waals surface area (Å²) in [4.78, 5) is 38.9. The molecule has 0 atom stereocenters. The van der Waals surface area contributed by atoms with E-state index in [4.69, 9.17) is 21.1 Å². The highest BCUT2D eigenvalue weighted by molar-refractivity contribution is 6.39. The van der Waals surface area contributed by atoms with Gasteiger partial charge in [-0.05, 0) is 59.7 Å². The Kier molecular flexibility index (Phi) is 6.84. The molecule has 4 amide bonds. The molecule has 1 fully saturated rings. The molecule has 4 rings (SSSR count). The Morgan fingerprint density at radius 1 is 1.00 bits per heavy atom. The van der Waals surface area contributed by atoms with Crippen LogP contribution in [0.25, 0.3) is 6.08 Å². The number of carbonyl (C=O) groups excluding carboxylic acids is 3. The predicted octanol–water partition coefficient (Wildman–Crippen LogP) is 4.75. The molecule has 1 N–H and O–H groups in total. The number of hydrogen-bond acceptors (Lipinski definition) is 5. The van der Waals surface area contributed by atoms with Crippen molar-refractivity contribution in [2.24, 2.45) is 0 Å². The first-order valence-electron chi connectivity index (χ1n) is 10.5. The topological polar surface area (TPSA) is 84.9 Å². The van der Waals surface area contributed by atoms with E-state index in [0.717, 1.165) is 4.90 Å². The van der Waals surface area contributed by atoms with E-state index in [1.54, 1.807) is 42.5 Å². The number of halogens is 2. The molecule has 1 heterocycles. The zero-order valence-electron chi connectivity index (χ0n) is 18.8. The van der Waals surface area contributed by atoms with E-state index >= 15 is 0 Å². The Hall–Kier alpha value is -4.17. The van der Waals surface area contributed by atoms with E-state index in [2.05, 4.69) is 5.32 Å². The molecule has 0 unspecified atom stereocenters. The molecule has 178 valence electrons. The number of amides is 4. The second-order valence-corrected chi connectivity index (χ2v) is 8.01. The molecule has 0 aliphatic carbocycles. The smallest absolute Gasteiger partial charge is 0.335 e. The molecule has 35 heavy (non-hydrogen) atoms. The summed E-state index contributed by atoms with van der Waals surface area (Å²) in [6.45, 7) is 0. The molecule has 0 aromatic heterocycles. The molecule has 1 aliphatic heterocycles. The van der Waals surface area contributed by atoms with Crippen molar-refractivity contribution < 1.29 is 28.2 Å². The number of ether oxygens (including phenoxy) is 2. The zero-order chi connectivity index (χ0) is 25.1. The van der Waals surface area contributed by atoms with Gasteiger partial charge in [-0.3, -0.25) is 14.9 Å². The standard InChI is InChI=1S/C26H20ClFN2O5/c1-34-18-9-7-17(8-10-18)30-25(32)20(24(31)29-26(30)33)11-15-12-21(27)19(23(13-15)35-2)14-16-5-3-4-6-22(16)28/h3-13H,14H2,1-2H3,(H,29,31,33)/b20-11+. The van der Waals surface area contributed by atoms with Crippen LogP contribution in [0.5, 0.6) is 11.5 Å².